The van der Waals surface area contributed by atoms with Crippen LogP contribution in [0, 0.1) is 11.3 Å². The Labute approximate surface area is 97.9 Å². The Bertz CT molecular complexity index is 334. The van der Waals surface area contributed by atoms with Gasteiger partial charge < -0.3 is 10.6 Å². The van der Waals surface area contributed by atoms with Gasteiger partial charge in [-0.3, -0.25) is 4.98 Å². The molecule has 16 heavy (non-hydrogen) atoms. The maximum Gasteiger partial charge on any atom is 0.146 e. The van der Waals surface area contributed by atoms with Gasteiger partial charge in [0.1, 0.15) is 11.6 Å². The van der Waals surface area contributed by atoms with Gasteiger partial charge in [0.2, 0.25) is 0 Å². The highest BCUT2D eigenvalue weighted by atomic mass is 15.1. The van der Waals surface area contributed by atoms with Gasteiger partial charge in [-0.2, -0.15) is 0 Å². The Morgan fingerprint density at radius 2 is 1.88 bits per heavy atom. The average molecular weight is 222 g/mol. The van der Waals surface area contributed by atoms with Gasteiger partial charge in [0, 0.05) is 13.6 Å². The van der Waals surface area contributed by atoms with Crippen molar-refractivity contribution in [2.45, 2.75) is 27.7 Å². The van der Waals surface area contributed by atoms with E-state index in [1.807, 2.05) is 7.05 Å². The summed E-state index contributed by atoms with van der Waals surface area (Å²) in [6.45, 7) is 9.86. The lowest BCUT2D eigenvalue weighted by Gasteiger charge is -2.29. The molecule has 0 bridgehead atoms. The summed E-state index contributed by atoms with van der Waals surface area (Å²) in [5.41, 5.74) is 0.247. The smallest absolute Gasteiger partial charge is 0.146 e. The van der Waals surface area contributed by atoms with E-state index in [-0.39, 0.29) is 5.41 Å². The lowest BCUT2D eigenvalue weighted by Crippen LogP contribution is -2.28. The van der Waals surface area contributed by atoms with Crippen molar-refractivity contribution in [1.82, 2.24) is 9.97 Å². The zero-order chi connectivity index (χ0) is 12.2. The average Bonchev–Trinajstić information content (AvgIpc) is 2.26. The number of nitrogens with one attached hydrogen (secondary N) is 2. The number of nitrogens with zero attached hydrogens (tertiary/aromatic N) is 2. The lowest BCUT2D eigenvalue weighted by atomic mass is 9.81. The molecule has 1 heterocycles. The van der Waals surface area contributed by atoms with Crippen LogP contribution >= 0.6 is 0 Å². The van der Waals surface area contributed by atoms with Crippen LogP contribution in [-0.4, -0.2) is 23.6 Å². The van der Waals surface area contributed by atoms with Crippen molar-refractivity contribution in [2.24, 2.45) is 11.3 Å². The molecule has 1 aromatic heterocycles. The van der Waals surface area contributed by atoms with Crippen LogP contribution in [0.1, 0.15) is 27.7 Å². The second-order valence-electron chi connectivity index (χ2n) is 5.04. The number of hydrogen-bond donors (Lipinski definition) is 2. The summed E-state index contributed by atoms with van der Waals surface area (Å²) in [5.74, 6) is 2.23. The summed E-state index contributed by atoms with van der Waals surface area (Å²) in [5, 5.41) is 6.30. The monoisotopic (exact) mass is 222 g/mol. The SMILES string of the molecule is CNc1cncc(NCC(C)(C)C(C)C)n1. The van der Waals surface area contributed by atoms with Gasteiger partial charge in [-0.15, -0.1) is 0 Å². The van der Waals surface area contributed by atoms with Crippen molar-refractivity contribution in [1.29, 1.82) is 0 Å². The Morgan fingerprint density at radius 1 is 1.25 bits per heavy atom. The van der Waals surface area contributed by atoms with E-state index < -0.39 is 0 Å². The minimum Gasteiger partial charge on any atom is -0.372 e. The second kappa shape index (κ2) is 5.14. The van der Waals surface area contributed by atoms with Gasteiger partial charge in [-0.1, -0.05) is 27.7 Å². The van der Waals surface area contributed by atoms with Gasteiger partial charge in [-0.05, 0) is 11.3 Å². The van der Waals surface area contributed by atoms with Crippen molar-refractivity contribution in [3.8, 4) is 0 Å². The van der Waals surface area contributed by atoms with Gasteiger partial charge in [0.05, 0.1) is 12.4 Å². The summed E-state index contributed by atoms with van der Waals surface area (Å²) in [6, 6.07) is 0. The molecular weight excluding hydrogens is 200 g/mol. The van der Waals surface area contributed by atoms with Crippen LogP contribution in [0.15, 0.2) is 12.4 Å². The third-order valence-electron chi connectivity index (χ3n) is 3.18. The lowest BCUT2D eigenvalue weighted by molar-refractivity contribution is 0.269. The van der Waals surface area contributed by atoms with Crippen LogP contribution in [0.5, 0.6) is 0 Å². The summed E-state index contributed by atoms with van der Waals surface area (Å²) in [7, 11) is 1.84. The molecular formula is C12H22N4. The molecule has 4 nitrogen and oxygen atoms in total. The van der Waals surface area contributed by atoms with Crippen LogP contribution in [0.3, 0.4) is 0 Å². The Hall–Kier alpha value is -1.32. The van der Waals surface area contributed by atoms with Crippen LogP contribution in [0.2, 0.25) is 0 Å². The van der Waals surface area contributed by atoms with Crippen LogP contribution in [0.4, 0.5) is 11.6 Å². The fourth-order valence-corrected chi connectivity index (χ4v) is 1.09. The predicted octanol–water partition coefficient (Wildman–Crippen LogP) is 2.61. The molecule has 0 aliphatic rings. The zero-order valence-corrected chi connectivity index (χ0v) is 10.8. The highest BCUT2D eigenvalue weighted by Crippen LogP contribution is 2.26. The van der Waals surface area contributed by atoms with Crippen molar-refractivity contribution < 1.29 is 0 Å². The van der Waals surface area contributed by atoms with Crippen molar-refractivity contribution in [3.05, 3.63) is 12.4 Å². The molecule has 0 fully saturated rings. The number of rotatable bonds is 5. The molecule has 0 radical (unpaired) electrons. The maximum absolute atomic E-state index is 4.37. The molecule has 0 atom stereocenters. The third kappa shape index (κ3) is 3.36. The second-order valence-corrected chi connectivity index (χ2v) is 5.04. The number of hydrogen-bond acceptors (Lipinski definition) is 4. The maximum atomic E-state index is 4.37. The third-order valence-corrected chi connectivity index (χ3v) is 3.18. The van der Waals surface area contributed by atoms with E-state index in [1.165, 1.54) is 0 Å². The van der Waals surface area contributed by atoms with E-state index in [1.54, 1.807) is 12.4 Å². The zero-order valence-electron chi connectivity index (χ0n) is 10.8. The number of aromatic nitrogens is 2. The highest BCUT2D eigenvalue weighted by molar-refractivity contribution is 5.41. The highest BCUT2D eigenvalue weighted by Gasteiger charge is 2.21. The fourth-order valence-electron chi connectivity index (χ4n) is 1.09. The van der Waals surface area contributed by atoms with Gasteiger partial charge in [-0.25, -0.2) is 4.98 Å². The van der Waals surface area contributed by atoms with Crippen LogP contribution in [-0.2, 0) is 0 Å². The van der Waals surface area contributed by atoms with E-state index >= 15 is 0 Å². The van der Waals surface area contributed by atoms with Crippen molar-refractivity contribution in [2.75, 3.05) is 24.2 Å². The van der Waals surface area contributed by atoms with E-state index in [4.69, 9.17) is 0 Å². The minimum atomic E-state index is 0.247. The molecule has 0 unspecified atom stereocenters. The number of anilines is 2. The Kier molecular flexibility index (Phi) is 4.10. The molecule has 0 spiro atoms. The predicted molar refractivity (Wildman–Crippen MR) is 68.7 cm³/mol. The molecule has 0 aromatic carbocycles. The quantitative estimate of drug-likeness (QED) is 0.804. The fraction of sp³-hybridized carbons (Fsp3) is 0.667. The molecule has 0 aliphatic carbocycles. The normalized spacial score (nSPS) is 11.6. The Balaban J connectivity index is 2.60. The molecule has 90 valence electrons. The minimum absolute atomic E-state index is 0.247. The van der Waals surface area contributed by atoms with E-state index in [0.29, 0.717) is 5.92 Å². The first-order valence-electron chi connectivity index (χ1n) is 5.69. The summed E-state index contributed by atoms with van der Waals surface area (Å²) in [4.78, 5) is 8.48. The summed E-state index contributed by atoms with van der Waals surface area (Å²) >= 11 is 0. The Morgan fingerprint density at radius 3 is 2.44 bits per heavy atom. The standard InChI is InChI=1S/C12H22N4/c1-9(2)12(3,4)8-15-11-7-14-6-10(13-5)16-11/h6-7,9H,8H2,1-5H3,(H2,13,15,16). The van der Waals surface area contributed by atoms with Gasteiger partial charge in [0.15, 0.2) is 0 Å². The molecule has 0 amide bonds. The first-order valence-corrected chi connectivity index (χ1v) is 5.69. The van der Waals surface area contributed by atoms with Crippen LogP contribution < -0.4 is 10.6 Å². The van der Waals surface area contributed by atoms with Crippen molar-refractivity contribution >= 4 is 11.6 Å². The molecule has 0 saturated carbocycles. The van der Waals surface area contributed by atoms with E-state index in [0.717, 1.165) is 18.2 Å². The molecule has 4 heteroatoms. The molecule has 1 aromatic rings. The largest absolute Gasteiger partial charge is 0.372 e. The molecule has 0 saturated heterocycles. The topological polar surface area (TPSA) is 49.8 Å². The van der Waals surface area contributed by atoms with E-state index in [2.05, 4.69) is 48.3 Å². The molecule has 0 aliphatic heterocycles. The van der Waals surface area contributed by atoms with E-state index in [9.17, 15) is 0 Å². The van der Waals surface area contributed by atoms with Crippen LogP contribution in [0.25, 0.3) is 0 Å². The van der Waals surface area contributed by atoms with Crippen molar-refractivity contribution in [3.63, 3.8) is 0 Å². The molecule has 2 N–H and O–H groups in total. The van der Waals surface area contributed by atoms with Gasteiger partial charge >= 0.3 is 0 Å². The van der Waals surface area contributed by atoms with Gasteiger partial charge in [0.25, 0.3) is 0 Å². The first kappa shape index (κ1) is 12.7. The summed E-state index contributed by atoms with van der Waals surface area (Å²) < 4.78 is 0. The summed E-state index contributed by atoms with van der Waals surface area (Å²) in [6.07, 6.45) is 3.45. The first-order chi connectivity index (χ1) is 7.45. The molecule has 1 rings (SSSR count).